The zero-order chi connectivity index (χ0) is 17.8. The first-order valence-electron chi connectivity index (χ1n) is 8.94. The molecule has 6 heteroatoms. The summed E-state index contributed by atoms with van der Waals surface area (Å²) in [4.78, 5) is 16.4. The Morgan fingerprint density at radius 3 is 2.60 bits per heavy atom. The molecule has 0 N–H and O–H groups in total. The average Bonchev–Trinajstić information content (AvgIpc) is 3.10. The van der Waals surface area contributed by atoms with E-state index in [4.69, 9.17) is 4.42 Å². The lowest BCUT2D eigenvalue weighted by molar-refractivity contribution is -0.131. The van der Waals surface area contributed by atoms with E-state index in [-0.39, 0.29) is 11.8 Å². The highest BCUT2D eigenvalue weighted by Gasteiger charge is 2.24. The first kappa shape index (κ1) is 17.5. The number of rotatable bonds is 5. The molecule has 0 bridgehead atoms. The minimum Gasteiger partial charge on any atom is -0.408 e. The number of amides is 1. The number of aryl methyl sites for hydroxylation is 2. The number of benzene rings is 1. The Balaban J connectivity index is 1.48. The molecule has 0 saturated carbocycles. The number of hydrogen-bond donors (Lipinski definition) is 0. The maximum absolute atomic E-state index is 12.4. The van der Waals surface area contributed by atoms with Crippen LogP contribution in [0, 0.1) is 6.92 Å². The van der Waals surface area contributed by atoms with E-state index in [1.165, 1.54) is 11.1 Å². The predicted molar refractivity (Wildman–Crippen MR) is 96.7 cm³/mol. The van der Waals surface area contributed by atoms with Crippen molar-refractivity contribution >= 4 is 11.9 Å². The molecule has 1 aliphatic rings. The Hall–Kier alpha value is -2.37. The molecular weight excluding hydrogens is 316 g/mol. The van der Waals surface area contributed by atoms with Crippen molar-refractivity contribution in [3.05, 3.63) is 41.3 Å². The quantitative estimate of drug-likeness (QED) is 0.836. The molecule has 2 heterocycles. The molecule has 0 unspecified atom stereocenters. The maximum atomic E-state index is 12.4. The third kappa shape index (κ3) is 4.38. The van der Waals surface area contributed by atoms with E-state index in [0.29, 0.717) is 31.4 Å². The zero-order valence-corrected chi connectivity index (χ0v) is 15.2. The van der Waals surface area contributed by atoms with E-state index in [2.05, 4.69) is 40.2 Å². The SMILES string of the molecule is Cc1cccc(CCC(=O)N2CCN(c3nnc(C(C)C)o3)CC2)c1. The van der Waals surface area contributed by atoms with Crippen LogP contribution in [-0.4, -0.2) is 47.2 Å². The second-order valence-electron chi connectivity index (χ2n) is 6.93. The Morgan fingerprint density at radius 1 is 1.20 bits per heavy atom. The van der Waals surface area contributed by atoms with Crippen molar-refractivity contribution in [1.82, 2.24) is 15.1 Å². The molecule has 2 aromatic rings. The van der Waals surface area contributed by atoms with Crippen LogP contribution in [0.5, 0.6) is 0 Å². The third-order valence-electron chi connectivity index (χ3n) is 4.54. The number of carbonyl (C=O) groups excluding carboxylic acids is 1. The number of aromatic nitrogens is 2. The summed E-state index contributed by atoms with van der Waals surface area (Å²) in [5.41, 5.74) is 2.46. The van der Waals surface area contributed by atoms with Crippen molar-refractivity contribution in [3.8, 4) is 0 Å². The first-order chi connectivity index (χ1) is 12.0. The predicted octanol–water partition coefficient (Wildman–Crippen LogP) is 2.78. The largest absolute Gasteiger partial charge is 0.408 e. The smallest absolute Gasteiger partial charge is 0.318 e. The lowest BCUT2D eigenvalue weighted by Crippen LogP contribution is -2.49. The summed E-state index contributed by atoms with van der Waals surface area (Å²) in [6.07, 6.45) is 1.35. The number of hydrogen-bond acceptors (Lipinski definition) is 5. The Labute approximate surface area is 148 Å². The van der Waals surface area contributed by atoms with Gasteiger partial charge >= 0.3 is 6.01 Å². The van der Waals surface area contributed by atoms with Crippen LogP contribution in [0.4, 0.5) is 6.01 Å². The molecule has 6 nitrogen and oxygen atoms in total. The van der Waals surface area contributed by atoms with Gasteiger partial charge in [0.05, 0.1) is 0 Å². The molecule has 1 amide bonds. The van der Waals surface area contributed by atoms with Gasteiger partial charge in [-0.3, -0.25) is 4.79 Å². The summed E-state index contributed by atoms with van der Waals surface area (Å²) in [7, 11) is 0. The minimum atomic E-state index is 0.217. The normalized spacial score (nSPS) is 15.0. The van der Waals surface area contributed by atoms with Crippen molar-refractivity contribution in [3.63, 3.8) is 0 Å². The van der Waals surface area contributed by atoms with E-state index in [0.717, 1.165) is 19.5 Å². The Morgan fingerprint density at radius 2 is 1.96 bits per heavy atom. The van der Waals surface area contributed by atoms with Crippen molar-refractivity contribution in [2.24, 2.45) is 0 Å². The number of nitrogens with zero attached hydrogens (tertiary/aromatic N) is 4. The molecule has 1 saturated heterocycles. The van der Waals surface area contributed by atoms with E-state index in [1.807, 2.05) is 24.8 Å². The monoisotopic (exact) mass is 342 g/mol. The summed E-state index contributed by atoms with van der Waals surface area (Å²) >= 11 is 0. The molecule has 0 atom stereocenters. The highest BCUT2D eigenvalue weighted by atomic mass is 16.4. The van der Waals surface area contributed by atoms with Crippen LogP contribution < -0.4 is 4.90 Å². The van der Waals surface area contributed by atoms with E-state index >= 15 is 0 Å². The molecule has 0 spiro atoms. The van der Waals surface area contributed by atoms with Gasteiger partial charge in [-0.15, -0.1) is 5.10 Å². The van der Waals surface area contributed by atoms with Crippen molar-refractivity contribution in [1.29, 1.82) is 0 Å². The van der Waals surface area contributed by atoms with Crippen LogP contribution in [0.15, 0.2) is 28.7 Å². The van der Waals surface area contributed by atoms with Crippen LogP contribution >= 0.6 is 0 Å². The molecule has 25 heavy (non-hydrogen) atoms. The lowest BCUT2D eigenvalue weighted by Gasteiger charge is -2.33. The summed E-state index contributed by atoms with van der Waals surface area (Å²) in [5.74, 6) is 1.10. The molecule has 1 fully saturated rings. The highest BCUT2D eigenvalue weighted by molar-refractivity contribution is 5.76. The van der Waals surface area contributed by atoms with E-state index < -0.39 is 0 Å². The first-order valence-corrected chi connectivity index (χ1v) is 8.94. The fourth-order valence-electron chi connectivity index (χ4n) is 3.01. The molecular formula is C19H26N4O2. The van der Waals surface area contributed by atoms with Crippen molar-refractivity contribution in [2.75, 3.05) is 31.1 Å². The second kappa shape index (κ2) is 7.68. The van der Waals surface area contributed by atoms with Gasteiger partial charge in [0.1, 0.15) is 0 Å². The van der Waals surface area contributed by atoms with E-state index in [1.54, 1.807) is 0 Å². The standard InChI is InChI=1S/C19H26N4O2/c1-14(2)18-20-21-19(25-18)23-11-9-22(10-12-23)17(24)8-7-16-6-4-5-15(3)13-16/h4-6,13-14H,7-12H2,1-3H3. The lowest BCUT2D eigenvalue weighted by atomic mass is 10.1. The van der Waals surface area contributed by atoms with Gasteiger partial charge in [-0.25, -0.2) is 0 Å². The fourth-order valence-corrected chi connectivity index (χ4v) is 3.01. The number of piperazine rings is 1. The van der Waals surface area contributed by atoms with Gasteiger partial charge < -0.3 is 14.2 Å². The van der Waals surface area contributed by atoms with Crippen LogP contribution in [0.2, 0.25) is 0 Å². The number of carbonyl (C=O) groups is 1. The third-order valence-corrected chi connectivity index (χ3v) is 4.54. The van der Waals surface area contributed by atoms with Crippen LogP contribution in [0.3, 0.4) is 0 Å². The summed E-state index contributed by atoms with van der Waals surface area (Å²) < 4.78 is 5.70. The fraction of sp³-hybridized carbons (Fsp3) is 0.526. The molecule has 1 aliphatic heterocycles. The summed E-state index contributed by atoms with van der Waals surface area (Å²) in [6, 6.07) is 8.92. The Kier molecular flexibility index (Phi) is 5.36. The number of anilines is 1. The molecule has 1 aromatic carbocycles. The van der Waals surface area contributed by atoms with Crippen LogP contribution in [-0.2, 0) is 11.2 Å². The van der Waals surface area contributed by atoms with Gasteiger partial charge in [0.25, 0.3) is 0 Å². The summed E-state index contributed by atoms with van der Waals surface area (Å²) in [5, 5.41) is 8.20. The van der Waals surface area contributed by atoms with Crippen molar-refractivity contribution < 1.29 is 9.21 Å². The van der Waals surface area contributed by atoms with Gasteiger partial charge in [-0.1, -0.05) is 48.8 Å². The van der Waals surface area contributed by atoms with Gasteiger partial charge in [0.15, 0.2) is 0 Å². The second-order valence-corrected chi connectivity index (χ2v) is 6.93. The zero-order valence-electron chi connectivity index (χ0n) is 15.2. The molecule has 0 radical (unpaired) electrons. The average molecular weight is 342 g/mol. The van der Waals surface area contributed by atoms with Crippen LogP contribution in [0.25, 0.3) is 0 Å². The molecule has 134 valence electrons. The minimum absolute atomic E-state index is 0.217. The Bertz CT molecular complexity index is 718. The van der Waals surface area contributed by atoms with Gasteiger partial charge in [0, 0.05) is 38.5 Å². The van der Waals surface area contributed by atoms with Crippen molar-refractivity contribution in [2.45, 2.75) is 39.5 Å². The van der Waals surface area contributed by atoms with Gasteiger partial charge in [-0.05, 0) is 18.9 Å². The highest BCUT2D eigenvalue weighted by Crippen LogP contribution is 2.19. The maximum Gasteiger partial charge on any atom is 0.318 e. The molecule has 3 rings (SSSR count). The van der Waals surface area contributed by atoms with E-state index in [9.17, 15) is 4.79 Å². The molecule has 0 aliphatic carbocycles. The summed E-state index contributed by atoms with van der Waals surface area (Å²) in [6.45, 7) is 9.00. The van der Waals surface area contributed by atoms with Crippen LogP contribution in [0.1, 0.15) is 43.2 Å². The molecule has 1 aromatic heterocycles. The topological polar surface area (TPSA) is 62.5 Å². The van der Waals surface area contributed by atoms with Gasteiger partial charge in [0.2, 0.25) is 11.8 Å². The van der Waals surface area contributed by atoms with Gasteiger partial charge in [-0.2, -0.15) is 0 Å².